The Bertz CT molecular complexity index is 306. The van der Waals surface area contributed by atoms with Crippen LogP contribution in [0.2, 0.25) is 0 Å². The summed E-state index contributed by atoms with van der Waals surface area (Å²) in [7, 11) is 0. The molecule has 1 aliphatic carbocycles. The predicted octanol–water partition coefficient (Wildman–Crippen LogP) is 0.812. The summed E-state index contributed by atoms with van der Waals surface area (Å²) in [5, 5.41) is 14.1. The number of nitrogens with one attached hydrogen (secondary N) is 2. The normalized spacial score (nSPS) is 31.1. The number of nitriles is 1. The maximum atomic E-state index is 8.48. The summed E-state index contributed by atoms with van der Waals surface area (Å²) in [6.07, 6.45) is 7.18. The Morgan fingerprint density at radius 3 is 2.94 bits per heavy atom. The average Bonchev–Trinajstić information content (AvgIpc) is 2.31. The number of guanidine groups is 1. The van der Waals surface area contributed by atoms with Gasteiger partial charge in [-0.2, -0.15) is 5.26 Å². The van der Waals surface area contributed by atoms with Gasteiger partial charge in [0.1, 0.15) is 0 Å². The van der Waals surface area contributed by atoms with Gasteiger partial charge in [-0.3, -0.25) is 10.2 Å². The van der Waals surface area contributed by atoms with Crippen molar-refractivity contribution in [1.29, 1.82) is 5.26 Å². The summed E-state index contributed by atoms with van der Waals surface area (Å²) < 4.78 is 0. The first-order chi connectivity index (χ1) is 7.81. The second kappa shape index (κ2) is 5.17. The van der Waals surface area contributed by atoms with Crippen LogP contribution in [0.1, 0.15) is 32.6 Å². The minimum absolute atomic E-state index is 0.599. The van der Waals surface area contributed by atoms with Crippen LogP contribution in [0.15, 0.2) is 4.99 Å². The minimum atomic E-state index is 0.599. The maximum absolute atomic E-state index is 8.48. The zero-order valence-electron chi connectivity index (χ0n) is 9.74. The monoisotopic (exact) mass is 221 g/mol. The summed E-state index contributed by atoms with van der Waals surface area (Å²) in [4.78, 5) is 6.68. The van der Waals surface area contributed by atoms with Crippen LogP contribution in [-0.4, -0.2) is 30.2 Å². The molecule has 0 saturated heterocycles. The van der Waals surface area contributed by atoms with E-state index in [1.807, 2.05) is 6.19 Å². The first-order valence-corrected chi connectivity index (χ1v) is 5.98. The van der Waals surface area contributed by atoms with Crippen LogP contribution in [-0.2, 0) is 0 Å². The van der Waals surface area contributed by atoms with E-state index in [1.54, 1.807) is 0 Å². The van der Waals surface area contributed by atoms with Crippen LogP contribution in [0.4, 0.5) is 0 Å². The molecule has 2 rings (SSSR count). The number of rotatable bonds is 1. The predicted molar refractivity (Wildman–Crippen MR) is 62.3 cm³/mol. The third-order valence-electron chi connectivity index (χ3n) is 3.57. The van der Waals surface area contributed by atoms with Crippen molar-refractivity contribution in [2.75, 3.05) is 13.3 Å². The SMILES string of the molecule is C[C@@H]1CCCC[C@H]1N1CN=C(NC#N)NC1. The standard InChI is InChI=1S/C11H19N5/c1-9-4-2-3-5-10(9)16-7-14-11(13-6-12)15-8-16/h9-10H,2-5,7-8H2,1H3,(H2,13,14,15)/t9-,10-/m1/s1. The fourth-order valence-corrected chi connectivity index (χ4v) is 2.64. The number of nitrogens with zero attached hydrogens (tertiary/aromatic N) is 3. The molecule has 1 saturated carbocycles. The summed E-state index contributed by atoms with van der Waals surface area (Å²) >= 11 is 0. The van der Waals surface area contributed by atoms with E-state index in [0.717, 1.165) is 12.6 Å². The van der Waals surface area contributed by atoms with E-state index in [9.17, 15) is 0 Å². The number of hydrogen-bond donors (Lipinski definition) is 2. The fraction of sp³-hybridized carbons (Fsp3) is 0.818. The van der Waals surface area contributed by atoms with Gasteiger partial charge in [0.05, 0.1) is 13.3 Å². The molecule has 16 heavy (non-hydrogen) atoms. The molecule has 5 nitrogen and oxygen atoms in total. The Balaban J connectivity index is 1.90. The minimum Gasteiger partial charge on any atom is -0.343 e. The quantitative estimate of drug-likeness (QED) is 0.508. The Morgan fingerprint density at radius 2 is 2.31 bits per heavy atom. The van der Waals surface area contributed by atoms with Gasteiger partial charge >= 0.3 is 0 Å². The van der Waals surface area contributed by atoms with Crippen molar-refractivity contribution in [3.63, 3.8) is 0 Å². The van der Waals surface area contributed by atoms with Gasteiger partial charge in [-0.15, -0.1) is 0 Å². The van der Waals surface area contributed by atoms with Crippen molar-refractivity contribution in [2.24, 2.45) is 10.9 Å². The molecule has 0 aromatic carbocycles. The topological polar surface area (TPSA) is 63.5 Å². The Kier molecular flexibility index (Phi) is 3.62. The number of aliphatic imine (C=N–C) groups is 1. The van der Waals surface area contributed by atoms with Crippen LogP contribution in [0.25, 0.3) is 0 Å². The highest BCUT2D eigenvalue weighted by atomic mass is 15.4. The van der Waals surface area contributed by atoms with E-state index in [2.05, 4.69) is 27.4 Å². The van der Waals surface area contributed by atoms with Gasteiger partial charge in [-0.25, -0.2) is 4.99 Å². The van der Waals surface area contributed by atoms with E-state index in [4.69, 9.17) is 5.26 Å². The smallest absolute Gasteiger partial charge is 0.207 e. The summed E-state index contributed by atoms with van der Waals surface area (Å²) in [6.45, 7) is 3.82. The van der Waals surface area contributed by atoms with Gasteiger partial charge in [-0.1, -0.05) is 19.8 Å². The zero-order valence-corrected chi connectivity index (χ0v) is 9.74. The molecule has 2 N–H and O–H groups in total. The average molecular weight is 221 g/mol. The Morgan fingerprint density at radius 1 is 1.50 bits per heavy atom. The van der Waals surface area contributed by atoms with Crippen LogP contribution in [0.3, 0.4) is 0 Å². The second-order valence-electron chi connectivity index (χ2n) is 4.64. The highest BCUT2D eigenvalue weighted by molar-refractivity contribution is 5.81. The lowest BCUT2D eigenvalue weighted by atomic mass is 9.85. The summed E-state index contributed by atoms with van der Waals surface area (Å²) in [5.74, 6) is 1.36. The third kappa shape index (κ3) is 2.45. The van der Waals surface area contributed by atoms with Crippen LogP contribution in [0, 0.1) is 17.4 Å². The van der Waals surface area contributed by atoms with Crippen molar-refractivity contribution in [3.05, 3.63) is 0 Å². The molecule has 0 bridgehead atoms. The van der Waals surface area contributed by atoms with E-state index in [-0.39, 0.29) is 0 Å². The molecule has 5 heteroatoms. The van der Waals surface area contributed by atoms with Gasteiger partial charge in [0, 0.05) is 6.04 Å². The molecular formula is C11H19N5. The van der Waals surface area contributed by atoms with Gasteiger partial charge in [0.15, 0.2) is 6.19 Å². The van der Waals surface area contributed by atoms with Crippen LogP contribution < -0.4 is 10.6 Å². The molecule has 2 atom stereocenters. The first kappa shape index (κ1) is 11.2. The van der Waals surface area contributed by atoms with Crippen molar-refractivity contribution >= 4 is 5.96 Å². The molecular weight excluding hydrogens is 202 g/mol. The van der Waals surface area contributed by atoms with Crippen molar-refractivity contribution in [3.8, 4) is 6.19 Å². The highest BCUT2D eigenvalue weighted by Gasteiger charge is 2.28. The maximum Gasteiger partial charge on any atom is 0.207 e. The lowest BCUT2D eigenvalue weighted by Gasteiger charge is -2.39. The Labute approximate surface area is 96.5 Å². The van der Waals surface area contributed by atoms with Crippen LogP contribution in [0.5, 0.6) is 0 Å². The van der Waals surface area contributed by atoms with Crippen LogP contribution >= 0.6 is 0 Å². The first-order valence-electron chi connectivity index (χ1n) is 5.98. The highest BCUT2D eigenvalue weighted by Crippen LogP contribution is 2.28. The van der Waals surface area contributed by atoms with Crippen molar-refractivity contribution < 1.29 is 0 Å². The molecule has 0 spiro atoms. The van der Waals surface area contributed by atoms with Gasteiger partial charge in [-0.05, 0) is 18.8 Å². The molecule has 1 heterocycles. The zero-order chi connectivity index (χ0) is 11.4. The third-order valence-corrected chi connectivity index (χ3v) is 3.57. The van der Waals surface area contributed by atoms with E-state index < -0.39 is 0 Å². The molecule has 0 amide bonds. The van der Waals surface area contributed by atoms with E-state index in [0.29, 0.717) is 18.7 Å². The molecule has 1 fully saturated rings. The molecule has 0 aromatic heterocycles. The fourth-order valence-electron chi connectivity index (χ4n) is 2.64. The molecule has 88 valence electrons. The Hall–Kier alpha value is -1.28. The molecule has 1 aliphatic heterocycles. The summed E-state index contributed by atoms with van der Waals surface area (Å²) in [5.41, 5.74) is 0. The summed E-state index contributed by atoms with van der Waals surface area (Å²) in [6, 6.07) is 0.647. The largest absolute Gasteiger partial charge is 0.343 e. The van der Waals surface area contributed by atoms with E-state index in [1.165, 1.54) is 25.7 Å². The molecule has 2 aliphatic rings. The van der Waals surface area contributed by atoms with Crippen molar-refractivity contribution in [2.45, 2.75) is 38.6 Å². The lowest BCUT2D eigenvalue weighted by molar-refractivity contribution is 0.106. The molecule has 0 unspecified atom stereocenters. The van der Waals surface area contributed by atoms with Gasteiger partial charge < -0.3 is 5.32 Å². The molecule has 0 radical (unpaired) electrons. The van der Waals surface area contributed by atoms with E-state index >= 15 is 0 Å². The van der Waals surface area contributed by atoms with Gasteiger partial charge in [0.2, 0.25) is 5.96 Å². The van der Waals surface area contributed by atoms with Crippen molar-refractivity contribution in [1.82, 2.24) is 15.5 Å². The second-order valence-corrected chi connectivity index (χ2v) is 4.64. The number of hydrogen-bond acceptors (Lipinski definition) is 5. The van der Waals surface area contributed by atoms with Gasteiger partial charge in [0.25, 0.3) is 0 Å². The lowest BCUT2D eigenvalue weighted by Crippen LogP contribution is -2.53. The molecule has 0 aromatic rings.